The number of nitrogens with one attached hydrogen (secondary N) is 1. The molecular formula is C30H34ClN3O6S. The van der Waals surface area contributed by atoms with Gasteiger partial charge in [0.25, 0.3) is 10.0 Å². The Morgan fingerprint density at radius 2 is 1.66 bits per heavy atom. The maximum absolute atomic E-state index is 14.0. The summed E-state index contributed by atoms with van der Waals surface area (Å²) < 4.78 is 40.2. The van der Waals surface area contributed by atoms with E-state index in [0.29, 0.717) is 41.7 Å². The maximum Gasteiger partial charge on any atom is 0.264 e. The number of sulfonamides is 1. The van der Waals surface area contributed by atoms with Gasteiger partial charge in [-0.3, -0.25) is 13.9 Å². The molecule has 0 bridgehead atoms. The molecule has 0 spiro atoms. The molecule has 0 fully saturated rings. The number of carbonyl (C=O) groups excluding carboxylic acids is 2. The van der Waals surface area contributed by atoms with Gasteiger partial charge in [-0.25, -0.2) is 8.42 Å². The molecule has 218 valence electrons. The van der Waals surface area contributed by atoms with Crippen molar-refractivity contribution in [1.82, 2.24) is 10.2 Å². The standard InChI is InChI=1S/C30H34ClN3O6S/c1-4-21(2)32-30(36)22(3)33(19-23-9-8-10-24(31)17-23)29(35)20-34(41(37,38)26-11-6-5-7-12-26)25-13-14-27-28(18-25)40-16-15-39-27/h5-14,17-18,21-22H,4,15-16,19-20H2,1-3H3,(H,32,36)/t21-,22-/m1/s1. The lowest BCUT2D eigenvalue weighted by Gasteiger charge is -2.32. The van der Waals surface area contributed by atoms with Crippen molar-refractivity contribution < 1.29 is 27.5 Å². The number of nitrogens with zero attached hydrogens (tertiary/aromatic N) is 2. The van der Waals surface area contributed by atoms with Crippen LogP contribution in [-0.4, -0.2) is 57.0 Å². The van der Waals surface area contributed by atoms with E-state index in [4.69, 9.17) is 21.1 Å². The van der Waals surface area contributed by atoms with E-state index in [9.17, 15) is 18.0 Å². The van der Waals surface area contributed by atoms with Crippen LogP contribution in [-0.2, 0) is 26.2 Å². The van der Waals surface area contributed by atoms with Gasteiger partial charge in [0.1, 0.15) is 25.8 Å². The van der Waals surface area contributed by atoms with E-state index in [1.165, 1.54) is 17.0 Å². The van der Waals surface area contributed by atoms with Gasteiger partial charge < -0.3 is 19.7 Å². The molecule has 3 aromatic carbocycles. The minimum absolute atomic E-state index is 0.0200. The molecule has 0 aromatic heterocycles. The normalized spacial score (nSPS) is 14.0. The number of hydrogen-bond acceptors (Lipinski definition) is 6. The Bertz CT molecular complexity index is 1480. The van der Waals surface area contributed by atoms with Gasteiger partial charge in [-0.2, -0.15) is 0 Å². The summed E-state index contributed by atoms with van der Waals surface area (Å²) in [6, 6.07) is 18.6. The zero-order valence-electron chi connectivity index (χ0n) is 23.2. The van der Waals surface area contributed by atoms with Crippen molar-refractivity contribution in [1.29, 1.82) is 0 Å². The summed E-state index contributed by atoms with van der Waals surface area (Å²) in [6.07, 6.45) is 0.716. The Hall–Kier alpha value is -3.76. The Kier molecular flexibility index (Phi) is 9.77. The van der Waals surface area contributed by atoms with Crippen molar-refractivity contribution in [3.05, 3.63) is 83.4 Å². The first-order valence-electron chi connectivity index (χ1n) is 13.4. The van der Waals surface area contributed by atoms with Gasteiger partial charge >= 0.3 is 0 Å². The second-order valence-electron chi connectivity index (χ2n) is 9.80. The highest BCUT2D eigenvalue weighted by Crippen LogP contribution is 2.36. The summed E-state index contributed by atoms with van der Waals surface area (Å²) in [6.45, 7) is 5.64. The van der Waals surface area contributed by atoms with Crippen LogP contribution in [0.25, 0.3) is 0 Å². The fraction of sp³-hybridized carbons (Fsp3) is 0.333. The topological polar surface area (TPSA) is 105 Å². The van der Waals surface area contributed by atoms with Crippen LogP contribution in [0.3, 0.4) is 0 Å². The number of anilines is 1. The van der Waals surface area contributed by atoms with Crippen molar-refractivity contribution in [2.24, 2.45) is 0 Å². The number of hydrogen-bond donors (Lipinski definition) is 1. The van der Waals surface area contributed by atoms with Gasteiger partial charge in [-0.05, 0) is 62.2 Å². The summed E-state index contributed by atoms with van der Waals surface area (Å²) in [7, 11) is -4.19. The van der Waals surface area contributed by atoms with E-state index in [1.54, 1.807) is 67.6 Å². The highest BCUT2D eigenvalue weighted by Gasteiger charge is 2.33. The summed E-state index contributed by atoms with van der Waals surface area (Å²) in [4.78, 5) is 28.6. The summed E-state index contributed by atoms with van der Waals surface area (Å²) >= 11 is 6.20. The second kappa shape index (κ2) is 13.3. The van der Waals surface area contributed by atoms with Crippen molar-refractivity contribution in [2.75, 3.05) is 24.1 Å². The summed E-state index contributed by atoms with van der Waals surface area (Å²) in [5, 5.41) is 3.40. The Morgan fingerprint density at radius 1 is 0.951 bits per heavy atom. The first-order valence-corrected chi connectivity index (χ1v) is 15.2. The molecule has 3 aromatic rings. The minimum Gasteiger partial charge on any atom is -0.486 e. The van der Waals surface area contributed by atoms with Crippen LogP contribution in [0.15, 0.2) is 77.7 Å². The fourth-order valence-corrected chi connectivity index (χ4v) is 5.96. The maximum atomic E-state index is 14.0. The molecule has 1 N–H and O–H groups in total. The van der Waals surface area contributed by atoms with Gasteiger partial charge in [0, 0.05) is 23.7 Å². The molecule has 9 nitrogen and oxygen atoms in total. The molecule has 41 heavy (non-hydrogen) atoms. The van der Waals surface area contributed by atoms with E-state index >= 15 is 0 Å². The number of carbonyl (C=O) groups is 2. The van der Waals surface area contributed by atoms with Gasteiger partial charge in [-0.15, -0.1) is 0 Å². The Balaban J connectivity index is 1.73. The van der Waals surface area contributed by atoms with Gasteiger partial charge in [0.15, 0.2) is 11.5 Å². The zero-order chi connectivity index (χ0) is 29.6. The van der Waals surface area contributed by atoms with Crippen LogP contribution in [0.5, 0.6) is 11.5 Å². The molecule has 0 unspecified atom stereocenters. The first-order chi connectivity index (χ1) is 19.6. The minimum atomic E-state index is -4.19. The largest absolute Gasteiger partial charge is 0.486 e. The second-order valence-corrected chi connectivity index (χ2v) is 12.1. The lowest BCUT2D eigenvalue weighted by molar-refractivity contribution is -0.139. The Labute approximate surface area is 246 Å². The summed E-state index contributed by atoms with van der Waals surface area (Å²) in [5.41, 5.74) is 0.928. The molecule has 1 aliphatic rings. The Morgan fingerprint density at radius 3 is 2.34 bits per heavy atom. The monoisotopic (exact) mass is 599 g/mol. The number of benzene rings is 3. The highest BCUT2D eigenvalue weighted by atomic mass is 35.5. The van der Waals surface area contributed by atoms with E-state index in [2.05, 4.69) is 5.32 Å². The third-order valence-electron chi connectivity index (χ3n) is 6.83. The van der Waals surface area contributed by atoms with E-state index < -0.39 is 28.5 Å². The highest BCUT2D eigenvalue weighted by molar-refractivity contribution is 7.92. The lowest BCUT2D eigenvalue weighted by atomic mass is 10.1. The van der Waals surface area contributed by atoms with Crippen LogP contribution >= 0.6 is 11.6 Å². The third-order valence-corrected chi connectivity index (χ3v) is 8.86. The van der Waals surface area contributed by atoms with Gasteiger partial charge in [0.2, 0.25) is 11.8 Å². The number of fused-ring (bicyclic) bond motifs is 1. The molecule has 0 aliphatic carbocycles. The van der Waals surface area contributed by atoms with Crippen LogP contribution < -0.4 is 19.1 Å². The van der Waals surface area contributed by atoms with Crippen LogP contribution in [0.1, 0.15) is 32.8 Å². The molecule has 1 aliphatic heterocycles. The lowest BCUT2D eigenvalue weighted by Crippen LogP contribution is -2.52. The molecule has 4 rings (SSSR count). The number of ether oxygens (including phenoxy) is 2. The predicted octanol–water partition coefficient (Wildman–Crippen LogP) is 4.64. The van der Waals surface area contributed by atoms with Crippen LogP contribution in [0.2, 0.25) is 5.02 Å². The van der Waals surface area contributed by atoms with Gasteiger partial charge in [0.05, 0.1) is 10.6 Å². The fourth-order valence-electron chi connectivity index (χ4n) is 4.32. The van der Waals surface area contributed by atoms with E-state index in [1.807, 2.05) is 13.8 Å². The SMILES string of the molecule is CC[C@@H](C)NC(=O)[C@@H](C)N(Cc1cccc(Cl)c1)C(=O)CN(c1ccc2c(c1)OCCO2)S(=O)(=O)c1ccccc1. The van der Waals surface area contributed by atoms with E-state index in [0.717, 1.165) is 4.31 Å². The number of halogens is 1. The average molecular weight is 600 g/mol. The number of rotatable bonds is 11. The quantitative estimate of drug-likeness (QED) is 0.344. The van der Waals surface area contributed by atoms with Crippen molar-refractivity contribution in [2.45, 2.75) is 50.7 Å². The smallest absolute Gasteiger partial charge is 0.264 e. The average Bonchev–Trinajstić information content (AvgIpc) is 2.98. The molecule has 1 heterocycles. The first kappa shape index (κ1) is 30.2. The zero-order valence-corrected chi connectivity index (χ0v) is 24.8. The molecule has 2 amide bonds. The number of amides is 2. The van der Waals surface area contributed by atoms with Crippen molar-refractivity contribution in [3.63, 3.8) is 0 Å². The van der Waals surface area contributed by atoms with Crippen LogP contribution in [0, 0.1) is 0 Å². The molecule has 11 heteroatoms. The molecule has 0 saturated carbocycles. The van der Waals surface area contributed by atoms with E-state index in [-0.39, 0.29) is 29.1 Å². The summed E-state index contributed by atoms with van der Waals surface area (Å²) in [5.74, 6) is -0.0365. The third kappa shape index (κ3) is 7.31. The van der Waals surface area contributed by atoms with Crippen molar-refractivity contribution >= 4 is 39.1 Å². The molecule has 0 radical (unpaired) electrons. The molecule has 2 atom stereocenters. The predicted molar refractivity (Wildman–Crippen MR) is 158 cm³/mol. The van der Waals surface area contributed by atoms with Crippen LogP contribution in [0.4, 0.5) is 5.69 Å². The molecular weight excluding hydrogens is 566 g/mol. The molecule has 0 saturated heterocycles. The van der Waals surface area contributed by atoms with Gasteiger partial charge in [-0.1, -0.05) is 48.9 Å². The van der Waals surface area contributed by atoms with Crippen molar-refractivity contribution in [3.8, 4) is 11.5 Å².